The van der Waals surface area contributed by atoms with E-state index in [0.29, 0.717) is 28.6 Å². The lowest BCUT2D eigenvalue weighted by molar-refractivity contribution is -0.149. The average Bonchev–Trinajstić information content (AvgIpc) is 2.91. The smallest absolute Gasteiger partial charge is 0.329 e. The maximum atomic E-state index is 12.7. The highest BCUT2D eigenvalue weighted by Gasteiger charge is 2.41. The molecule has 3 aromatic rings. The van der Waals surface area contributed by atoms with Gasteiger partial charge < -0.3 is 15.2 Å². The number of carbonyl (C=O) groups is 2. The molecule has 0 spiro atoms. The normalized spacial score (nSPS) is 15.0. The summed E-state index contributed by atoms with van der Waals surface area (Å²) in [7, 11) is 0. The summed E-state index contributed by atoms with van der Waals surface area (Å²) >= 11 is 13.7. The van der Waals surface area contributed by atoms with Gasteiger partial charge in [-0.25, -0.2) is 4.79 Å². The lowest BCUT2D eigenvalue weighted by Gasteiger charge is -2.34. The molecule has 3 aromatic carbocycles. The van der Waals surface area contributed by atoms with Crippen LogP contribution >= 0.6 is 35.0 Å². The fourth-order valence-corrected chi connectivity index (χ4v) is 5.34. The second-order valence-corrected chi connectivity index (χ2v) is 11.0. The lowest BCUT2D eigenvalue weighted by Crippen LogP contribution is -2.57. The molecule has 0 saturated heterocycles. The van der Waals surface area contributed by atoms with Crippen LogP contribution in [-0.4, -0.2) is 27.8 Å². The minimum atomic E-state index is -1.14. The highest BCUT2D eigenvalue weighted by molar-refractivity contribution is 8.00. The van der Waals surface area contributed by atoms with Crippen LogP contribution in [0.5, 0.6) is 5.75 Å². The predicted octanol–water partition coefficient (Wildman–Crippen LogP) is 7.64. The van der Waals surface area contributed by atoms with Gasteiger partial charge in [-0.05, 0) is 56.2 Å². The molecule has 0 radical (unpaired) electrons. The number of benzene rings is 3. The van der Waals surface area contributed by atoms with Crippen molar-refractivity contribution in [2.24, 2.45) is 0 Å². The van der Waals surface area contributed by atoms with Crippen molar-refractivity contribution in [3.8, 4) is 5.75 Å². The van der Waals surface area contributed by atoms with Gasteiger partial charge in [-0.1, -0.05) is 84.9 Å². The second-order valence-electron chi connectivity index (χ2n) is 8.81. The number of carbonyl (C=O) groups excluding carboxylic acids is 1. The number of ether oxygens (including phenoxy) is 1. The van der Waals surface area contributed by atoms with Crippen molar-refractivity contribution in [2.75, 3.05) is 0 Å². The van der Waals surface area contributed by atoms with E-state index >= 15 is 0 Å². The predicted molar refractivity (Wildman–Crippen MR) is 151 cm³/mol. The first-order chi connectivity index (χ1) is 17.8. The largest absolute Gasteiger partial charge is 0.489 e. The molecule has 196 valence electrons. The first kappa shape index (κ1) is 28.9. The molecule has 1 fully saturated rings. The molecular weight excluding hydrogens is 529 g/mol. The summed E-state index contributed by atoms with van der Waals surface area (Å²) in [6.45, 7) is 2.03. The Labute approximate surface area is 232 Å². The Bertz CT molecular complexity index is 1110. The van der Waals surface area contributed by atoms with E-state index in [0.717, 1.165) is 29.7 Å². The zero-order valence-corrected chi connectivity index (χ0v) is 23.0. The number of amides is 1. The number of thioether (sulfide) groups is 1. The molecule has 1 amide bonds. The van der Waals surface area contributed by atoms with Crippen LogP contribution in [-0.2, 0) is 16.2 Å². The zero-order valence-electron chi connectivity index (χ0n) is 20.7. The van der Waals surface area contributed by atoms with Gasteiger partial charge in [-0.15, -0.1) is 11.8 Å². The van der Waals surface area contributed by atoms with Gasteiger partial charge in [0.15, 0.2) is 0 Å². The Morgan fingerprint density at radius 2 is 1.46 bits per heavy atom. The van der Waals surface area contributed by atoms with E-state index in [1.165, 1.54) is 11.8 Å². The summed E-state index contributed by atoms with van der Waals surface area (Å²) in [5, 5.41) is 13.1. The summed E-state index contributed by atoms with van der Waals surface area (Å²) in [4.78, 5) is 25.3. The van der Waals surface area contributed by atoms with E-state index in [1.54, 1.807) is 25.1 Å². The molecule has 0 heterocycles. The lowest BCUT2D eigenvalue weighted by atomic mass is 9.81. The maximum absolute atomic E-state index is 12.7. The summed E-state index contributed by atoms with van der Waals surface area (Å²) < 4.78 is 5.78. The van der Waals surface area contributed by atoms with Crippen LogP contribution < -0.4 is 10.1 Å². The number of carboxylic acid groups (broad SMARTS) is 1. The molecule has 37 heavy (non-hydrogen) atoms. The van der Waals surface area contributed by atoms with Crippen molar-refractivity contribution in [3.63, 3.8) is 0 Å². The van der Waals surface area contributed by atoms with Crippen molar-refractivity contribution in [3.05, 3.63) is 94.5 Å². The summed E-state index contributed by atoms with van der Waals surface area (Å²) in [5.74, 6) is -0.551. The number of aliphatic carboxylic acids is 1. The Morgan fingerprint density at radius 1 is 0.919 bits per heavy atom. The van der Waals surface area contributed by atoms with E-state index in [1.807, 2.05) is 60.7 Å². The fraction of sp³-hybridized carbons (Fsp3) is 0.310. The quantitative estimate of drug-likeness (QED) is 0.277. The first-order valence-electron chi connectivity index (χ1n) is 12.2. The maximum Gasteiger partial charge on any atom is 0.329 e. The van der Waals surface area contributed by atoms with Crippen molar-refractivity contribution in [1.29, 1.82) is 0 Å². The number of hydrogen-bond donors (Lipinski definition) is 2. The third kappa shape index (κ3) is 8.70. The van der Waals surface area contributed by atoms with Crippen LogP contribution in [0.25, 0.3) is 0 Å². The van der Waals surface area contributed by atoms with E-state index in [-0.39, 0.29) is 12.5 Å². The van der Waals surface area contributed by atoms with E-state index in [9.17, 15) is 14.7 Å². The number of carboxylic acids is 1. The molecule has 1 aliphatic carbocycles. The fourth-order valence-electron chi connectivity index (χ4n) is 3.97. The summed E-state index contributed by atoms with van der Waals surface area (Å²) in [6.07, 6.45) is 3.59. The summed E-state index contributed by atoms with van der Waals surface area (Å²) in [5.41, 5.74) is -0.411. The summed E-state index contributed by atoms with van der Waals surface area (Å²) in [6, 6.07) is 24.7. The molecule has 0 aliphatic heterocycles. The van der Waals surface area contributed by atoms with E-state index in [2.05, 4.69) is 5.32 Å². The van der Waals surface area contributed by atoms with Gasteiger partial charge >= 0.3 is 5.97 Å². The van der Waals surface area contributed by atoms with Crippen LogP contribution in [0, 0.1) is 0 Å². The van der Waals surface area contributed by atoms with Crippen molar-refractivity contribution < 1.29 is 19.4 Å². The van der Waals surface area contributed by atoms with E-state index in [4.69, 9.17) is 27.9 Å². The molecule has 8 heteroatoms. The molecule has 0 bridgehead atoms. The molecule has 0 aromatic heterocycles. The topological polar surface area (TPSA) is 75.6 Å². The highest BCUT2D eigenvalue weighted by atomic mass is 35.5. The minimum absolute atomic E-state index is 0.251. The van der Waals surface area contributed by atoms with Crippen LogP contribution in [0.4, 0.5) is 0 Å². The molecule has 1 unspecified atom stereocenters. The minimum Gasteiger partial charge on any atom is -0.489 e. The first-order valence-corrected chi connectivity index (χ1v) is 13.8. The SMILES string of the molecule is CC(Sc1ccc(OCc2c(Cl)cccc2Cl)cc1)C(=O)NC1(C(=O)O)CCCCC1.c1ccccc1. The van der Waals surface area contributed by atoms with Crippen molar-refractivity contribution >= 4 is 46.8 Å². The zero-order chi connectivity index (χ0) is 26.7. The van der Waals surface area contributed by atoms with Crippen molar-refractivity contribution in [1.82, 2.24) is 5.32 Å². The van der Waals surface area contributed by atoms with Gasteiger partial charge in [0.05, 0.1) is 5.25 Å². The third-order valence-corrected chi connectivity index (χ3v) is 7.92. The Balaban J connectivity index is 0.000000555. The van der Waals surface area contributed by atoms with Crippen LogP contribution in [0.3, 0.4) is 0 Å². The third-order valence-electron chi connectivity index (χ3n) is 6.10. The number of halogens is 2. The standard InChI is InChI=1S/C23H25Cl2NO4S.C6H6/c1-15(21(27)26-23(22(28)29)12-3-2-4-13-23)31-17-10-8-16(9-11-17)30-14-18-19(24)6-5-7-20(18)25;1-2-4-6-5-3-1/h5-11,15H,2-4,12-14H2,1H3,(H,26,27)(H,28,29);1-6H. The van der Waals surface area contributed by atoms with Crippen LogP contribution in [0.2, 0.25) is 10.0 Å². The Kier molecular flexibility index (Phi) is 11.2. The van der Waals surface area contributed by atoms with Crippen LogP contribution in [0.15, 0.2) is 83.8 Å². The van der Waals surface area contributed by atoms with Crippen molar-refractivity contribution in [2.45, 2.75) is 61.3 Å². The Morgan fingerprint density at radius 3 is 1.97 bits per heavy atom. The van der Waals surface area contributed by atoms with Gasteiger partial charge in [-0.3, -0.25) is 4.79 Å². The number of nitrogens with one attached hydrogen (secondary N) is 1. The molecule has 5 nitrogen and oxygen atoms in total. The average molecular weight is 561 g/mol. The van der Waals surface area contributed by atoms with Gasteiger partial charge in [0, 0.05) is 20.5 Å². The molecule has 1 saturated carbocycles. The molecular formula is C29H31Cl2NO4S. The van der Waals surface area contributed by atoms with E-state index < -0.39 is 16.8 Å². The van der Waals surface area contributed by atoms with Crippen LogP contribution in [0.1, 0.15) is 44.6 Å². The molecule has 4 rings (SSSR count). The molecule has 2 N–H and O–H groups in total. The van der Waals surface area contributed by atoms with Gasteiger partial charge in [0.25, 0.3) is 0 Å². The Hall–Kier alpha value is -2.67. The highest BCUT2D eigenvalue weighted by Crippen LogP contribution is 2.31. The second kappa shape index (κ2) is 14.3. The molecule has 1 atom stereocenters. The number of rotatable bonds is 8. The monoisotopic (exact) mass is 559 g/mol. The van der Waals surface area contributed by atoms with Gasteiger partial charge in [0.1, 0.15) is 17.9 Å². The van der Waals surface area contributed by atoms with Gasteiger partial charge in [0.2, 0.25) is 5.91 Å². The van der Waals surface area contributed by atoms with Gasteiger partial charge in [-0.2, -0.15) is 0 Å². The number of hydrogen-bond acceptors (Lipinski definition) is 4. The molecule has 1 aliphatic rings.